The number of nitrogens with two attached hydrogens (primary N) is 1. The number of aromatic nitrogens is 3. The maximum absolute atomic E-state index is 11.2. The smallest absolute Gasteiger partial charge is 0.240 e. The van der Waals surface area contributed by atoms with E-state index in [1.54, 1.807) is 6.20 Å². The Balaban J connectivity index is 1.96. The molecule has 0 saturated carbocycles. The van der Waals surface area contributed by atoms with Crippen LogP contribution in [-0.2, 0) is 11.2 Å². The van der Waals surface area contributed by atoms with Crippen molar-refractivity contribution in [2.24, 2.45) is 5.84 Å². The summed E-state index contributed by atoms with van der Waals surface area (Å²) in [5, 5.41) is 3.67. The molecule has 19 heavy (non-hydrogen) atoms. The second kappa shape index (κ2) is 4.79. The summed E-state index contributed by atoms with van der Waals surface area (Å²) in [6.45, 7) is 0. The van der Waals surface area contributed by atoms with Crippen molar-refractivity contribution >= 4 is 28.3 Å². The molecule has 96 valence electrons. The van der Waals surface area contributed by atoms with Crippen molar-refractivity contribution in [2.75, 3.05) is 0 Å². The fourth-order valence-electron chi connectivity index (χ4n) is 1.87. The molecule has 1 amide bonds. The van der Waals surface area contributed by atoms with E-state index in [-0.39, 0.29) is 12.3 Å². The Bertz CT molecular complexity index is 732. The van der Waals surface area contributed by atoms with Crippen molar-refractivity contribution in [1.82, 2.24) is 20.4 Å². The highest BCUT2D eigenvalue weighted by Gasteiger charge is 2.11. The number of pyridine rings is 1. The summed E-state index contributed by atoms with van der Waals surface area (Å²) in [4.78, 5) is 23.0. The van der Waals surface area contributed by atoms with Gasteiger partial charge in [-0.15, -0.1) is 11.3 Å². The summed E-state index contributed by atoms with van der Waals surface area (Å²) in [6, 6.07) is 3.87. The molecule has 3 heterocycles. The Hall–Kier alpha value is -2.25. The van der Waals surface area contributed by atoms with Crippen molar-refractivity contribution in [3.8, 4) is 11.3 Å². The molecular formula is C12H11N5OS. The number of H-pyrrole nitrogens is 1. The third-order valence-electron chi connectivity index (χ3n) is 2.75. The number of aromatic amines is 1. The van der Waals surface area contributed by atoms with Gasteiger partial charge in [0.15, 0.2) is 0 Å². The minimum atomic E-state index is -0.249. The number of amides is 1. The Morgan fingerprint density at radius 2 is 2.42 bits per heavy atom. The summed E-state index contributed by atoms with van der Waals surface area (Å²) in [6.07, 6.45) is 3.81. The topological polar surface area (TPSA) is 96.7 Å². The van der Waals surface area contributed by atoms with Crippen molar-refractivity contribution in [1.29, 1.82) is 0 Å². The van der Waals surface area contributed by atoms with E-state index in [2.05, 4.69) is 20.4 Å². The number of hydrogen-bond acceptors (Lipinski definition) is 5. The van der Waals surface area contributed by atoms with E-state index in [4.69, 9.17) is 5.84 Å². The van der Waals surface area contributed by atoms with Gasteiger partial charge < -0.3 is 4.98 Å². The Morgan fingerprint density at radius 3 is 3.26 bits per heavy atom. The lowest BCUT2D eigenvalue weighted by molar-refractivity contribution is -0.120. The molecule has 3 rings (SSSR count). The summed E-state index contributed by atoms with van der Waals surface area (Å²) >= 11 is 1.44. The van der Waals surface area contributed by atoms with Gasteiger partial charge in [0.25, 0.3) is 0 Å². The minimum Gasteiger partial charge on any atom is -0.345 e. The number of rotatable bonds is 3. The molecule has 3 aromatic heterocycles. The van der Waals surface area contributed by atoms with Crippen LogP contribution >= 0.6 is 11.3 Å². The van der Waals surface area contributed by atoms with Crippen LogP contribution in [0.25, 0.3) is 22.3 Å². The van der Waals surface area contributed by atoms with Crippen LogP contribution in [0.4, 0.5) is 0 Å². The van der Waals surface area contributed by atoms with Crippen molar-refractivity contribution in [3.63, 3.8) is 0 Å². The van der Waals surface area contributed by atoms with E-state index >= 15 is 0 Å². The average Bonchev–Trinajstić information content (AvgIpc) is 3.04. The molecule has 7 heteroatoms. The zero-order valence-electron chi connectivity index (χ0n) is 9.88. The molecule has 3 aromatic rings. The summed E-state index contributed by atoms with van der Waals surface area (Å²) in [7, 11) is 0. The van der Waals surface area contributed by atoms with Gasteiger partial charge in [0.1, 0.15) is 10.7 Å². The van der Waals surface area contributed by atoms with Gasteiger partial charge in [-0.2, -0.15) is 0 Å². The quantitative estimate of drug-likeness (QED) is 0.380. The lowest BCUT2D eigenvalue weighted by Crippen LogP contribution is -2.31. The molecule has 0 aliphatic heterocycles. The second-order valence-corrected chi connectivity index (χ2v) is 4.92. The Labute approximate surface area is 112 Å². The molecule has 0 saturated heterocycles. The first-order valence-electron chi connectivity index (χ1n) is 5.64. The minimum absolute atomic E-state index is 0.196. The van der Waals surface area contributed by atoms with E-state index in [0.717, 1.165) is 27.3 Å². The predicted octanol–water partition coefficient (Wildman–Crippen LogP) is 1.22. The maximum atomic E-state index is 11.2. The van der Waals surface area contributed by atoms with Gasteiger partial charge in [-0.25, -0.2) is 15.8 Å². The van der Waals surface area contributed by atoms with Crippen LogP contribution in [0, 0.1) is 0 Å². The molecule has 6 nitrogen and oxygen atoms in total. The van der Waals surface area contributed by atoms with E-state index < -0.39 is 0 Å². The largest absolute Gasteiger partial charge is 0.345 e. The van der Waals surface area contributed by atoms with Gasteiger partial charge in [0.2, 0.25) is 5.91 Å². The molecule has 0 fully saturated rings. The van der Waals surface area contributed by atoms with Gasteiger partial charge in [-0.3, -0.25) is 10.2 Å². The molecule has 0 spiro atoms. The van der Waals surface area contributed by atoms with Crippen LogP contribution in [0.1, 0.15) is 5.01 Å². The molecule has 4 N–H and O–H groups in total. The van der Waals surface area contributed by atoms with E-state index in [1.165, 1.54) is 11.3 Å². The molecule has 0 atom stereocenters. The maximum Gasteiger partial charge on any atom is 0.240 e. The van der Waals surface area contributed by atoms with Crippen molar-refractivity contribution in [3.05, 3.63) is 34.9 Å². The highest BCUT2D eigenvalue weighted by molar-refractivity contribution is 7.10. The van der Waals surface area contributed by atoms with Gasteiger partial charge in [0, 0.05) is 28.7 Å². The van der Waals surface area contributed by atoms with E-state index in [9.17, 15) is 4.79 Å². The van der Waals surface area contributed by atoms with E-state index in [0.29, 0.717) is 0 Å². The standard InChI is InChI=1S/C12H11N5OS/c13-17-10(18)4-11-16-9(6-19-11)8-5-15-12-7(8)2-1-3-14-12/h1-3,5-6H,4,13H2,(H,14,15)(H,17,18). The average molecular weight is 273 g/mol. The molecular weight excluding hydrogens is 262 g/mol. The number of hydrogen-bond donors (Lipinski definition) is 3. The van der Waals surface area contributed by atoms with Crippen LogP contribution < -0.4 is 11.3 Å². The first-order valence-corrected chi connectivity index (χ1v) is 6.52. The monoisotopic (exact) mass is 273 g/mol. The van der Waals surface area contributed by atoms with E-state index in [1.807, 2.05) is 23.7 Å². The molecule has 0 aromatic carbocycles. The number of nitrogens with one attached hydrogen (secondary N) is 2. The zero-order chi connectivity index (χ0) is 13.2. The van der Waals surface area contributed by atoms with Crippen LogP contribution in [-0.4, -0.2) is 20.9 Å². The number of fused-ring (bicyclic) bond motifs is 1. The normalized spacial score (nSPS) is 10.8. The third kappa shape index (κ3) is 2.20. The first kappa shape index (κ1) is 11.8. The third-order valence-corrected chi connectivity index (χ3v) is 3.60. The highest BCUT2D eigenvalue weighted by atomic mass is 32.1. The predicted molar refractivity (Wildman–Crippen MR) is 73.2 cm³/mol. The van der Waals surface area contributed by atoms with Crippen molar-refractivity contribution < 1.29 is 4.79 Å². The zero-order valence-corrected chi connectivity index (χ0v) is 10.7. The number of thiazole rings is 1. The lowest BCUT2D eigenvalue weighted by atomic mass is 10.2. The molecule has 0 radical (unpaired) electrons. The fraction of sp³-hybridized carbons (Fsp3) is 0.0833. The highest BCUT2D eigenvalue weighted by Crippen LogP contribution is 2.28. The van der Waals surface area contributed by atoms with Gasteiger partial charge in [-0.05, 0) is 12.1 Å². The summed E-state index contributed by atoms with van der Waals surface area (Å²) < 4.78 is 0. The van der Waals surface area contributed by atoms with Crippen LogP contribution in [0.5, 0.6) is 0 Å². The van der Waals surface area contributed by atoms with Gasteiger partial charge in [-0.1, -0.05) is 0 Å². The molecule has 0 aliphatic rings. The number of carbonyl (C=O) groups excluding carboxylic acids is 1. The lowest BCUT2D eigenvalue weighted by Gasteiger charge is -1.95. The van der Waals surface area contributed by atoms with Gasteiger partial charge >= 0.3 is 0 Å². The van der Waals surface area contributed by atoms with Crippen LogP contribution in [0.15, 0.2) is 29.9 Å². The summed E-state index contributed by atoms with van der Waals surface area (Å²) in [5.74, 6) is 4.81. The SMILES string of the molecule is NNC(=O)Cc1nc(-c2c[nH]c3ncccc23)cs1. The Morgan fingerprint density at radius 1 is 1.53 bits per heavy atom. The molecule has 0 aliphatic carbocycles. The first-order chi connectivity index (χ1) is 9.28. The second-order valence-electron chi connectivity index (χ2n) is 3.97. The number of carbonyl (C=O) groups is 1. The van der Waals surface area contributed by atoms with Crippen molar-refractivity contribution in [2.45, 2.75) is 6.42 Å². The summed E-state index contributed by atoms with van der Waals surface area (Å²) in [5.41, 5.74) is 4.75. The van der Waals surface area contributed by atoms with Crippen LogP contribution in [0.3, 0.4) is 0 Å². The van der Waals surface area contributed by atoms with Gasteiger partial charge in [0.05, 0.1) is 12.1 Å². The molecule has 0 unspecified atom stereocenters. The number of nitrogens with zero attached hydrogens (tertiary/aromatic N) is 2. The fourth-order valence-corrected chi connectivity index (χ4v) is 2.66. The number of hydrazine groups is 1. The molecule has 0 bridgehead atoms. The van der Waals surface area contributed by atoms with Crippen LogP contribution in [0.2, 0.25) is 0 Å². The Kier molecular flexibility index (Phi) is 2.98.